The SMILES string of the molecule is CS(=O)(=O)c1ccc(N)c(C=O)c1. The summed E-state index contributed by atoms with van der Waals surface area (Å²) in [5, 5.41) is 0. The summed E-state index contributed by atoms with van der Waals surface area (Å²) in [6, 6.07) is 4.04. The molecule has 0 bridgehead atoms. The molecule has 0 radical (unpaired) electrons. The first-order chi connectivity index (χ1) is 5.95. The molecule has 0 atom stereocenters. The van der Waals surface area contributed by atoms with E-state index in [9.17, 15) is 13.2 Å². The molecule has 5 heteroatoms. The van der Waals surface area contributed by atoms with E-state index in [1.807, 2.05) is 0 Å². The molecule has 0 saturated heterocycles. The molecule has 0 amide bonds. The Morgan fingerprint density at radius 1 is 1.38 bits per heavy atom. The van der Waals surface area contributed by atoms with E-state index in [4.69, 9.17) is 5.73 Å². The lowest BCUT2D eigenvalue weighted by molar-refractivity contribution is 0.112. The molecular formula is C8H9NO3S. The molecule has 70 valence electrons. The van der Waals surface area contributed by atoms with Gasteiger partial charge in [0.15, 0.2) is 16.1 Å². The summed E-state index contributed by atoms with van der Waals surface area (Å²) >= 11 is 0. The van der Waals surface area contributed by atoms with E-state index in [2.05, 4.69) is 0 Å². The van der Waals surface area contributed by atoms with Crippen molar-refractivity contribution in [2.45, 2.75) is 4.90 Å². The highest BCUT2D eigenvalue weighted by Gasteiger charge is 2.08. The van der Waals surface area contributed by atoms with Crippen molar-refractivity contribution >= 4 is 21.8 Å². The van der Waals surface area contributed by atoms with Crippen LogP contribution < -0.4 is 5.73 Å². The number of nitrogen functional groups attached to an aromatic ring is 1. The van der Waals surface area contributed by atoms with Gasteiger partial charge in [0.1, 0.15) is 0 Å². The van der Waals surface area contributed by atoms with Gasteiger partial charge in [-0.15, -0.1) is 0 Å². The van der Waals surface area contributed by atoms with E-state index in [1.54, 1.807) is 0 Å². The fourth-order valence-corrected chi connectivity index (χ4v) is 1.54. The van der Waals surface area contributed by atoms with Crippen LogP contribution in [0.4, 0.5) is 5.69 Å². The smallest absolute Gasteiger partial charge is 0.175 e. The third-order valence-electron chi connectivity index (χ3n) is 1.61. The van der Waals surface area contributed by atoms with Crippen molar-refractivity contribution in [2.75, 3.05) is 12.0 Å². The fourth-order valence-electron chi connectivity index (χ4n) is 0.886. The normalized spacial score (nSPS) is 11.2. The molecule has 0 unspecified atom stereocenters. The number of hydrogen-bond donors (Lipinski definition) is 1. The fraction of sp³-hybridized carbons (Fsp3) is 0.125. The molecule has 0 aliphatic heterocycles. The molecule has 0 spiro atoms. The molecule has 1 aromatic rings. The zero-order valence-electron chi connectivity index (χ0n) is 7.02. The van der Waals surface area contributed by atoms with E-state index in [0.717, 1.165) is 6.26 Å². The van der Waals surface area contributed by atoms with Crippen LogP contribution in [0.3, 0.4) is 0 Å². The lowest BCUT2D eigenvalue weighted by Gasteiger charge is -2.01. The number of benzene rings is 1. The number of hydrogen-bond acceptors (Lipinski definition) is 4. The van der Waals surface area contributed by atoms with Gasteiger partial charge in [-0.3, -0.25) is 4.79 Å². The quantitative estimate of drug-likeness (QED) is 0.555. The Kier molecular flexibility index (Phi) is 2.38. The standard InChI is InChI=1S/C8H9NO3S/c1-13(11,12)7-2-3-8(9)6(4-7)5-10/h2-5H,9H2,1H3. The van der Waals surface area contributed by atoms with Gasteiger partial charge in [0.2, 0.25) is 0 Å². The topological polar surface area (TPSA) is 77.2 Å². The molecule has 0 heterocycles. The maximum atomic E-state index is 11.1. The number of carbonyl (C=O) groups is 1. The molecule has 13 heavy (non-hydrogen) atoms. The van der Waals surface area contributed by atoms with Gasteiger partial charge in [-0.25, -0.2) is 8.42 Å². The van der Waals surface area contributed by atoms with E-state index in [0.29, 0.717) is 6.29 Å². The number of carbonyl (C=O) groups excluding carboxylic acids is 1. The van der Waals surface area contributed by atoms with Gasteiger partial charge in [-0.05, 0) is 18.2 Å². The Morgan fingerprint density at radius 2 is 2.00 bits per heavy atom. The van der Waals surface area contributed by atoms with Crippen LogP contribution in [0.1, 0.15) is 10.4 Å². The maximum absolute atomic E-state index is 11.1. The van der Waals surface area contributed by atoms with Crippen LogP contribution >= 0.6 is 0 Å². The van der Waals surface area contributed by atoms with Crippen LogP contribution in [-0.4, -0.2) is 21.0 Å². The molecule has 0 fully saturated rings. The van der Waals surface area contributed by atoms with Gasteiger partial charge in [-0.2, -0.15) is 0 Å². The van der Waals surface area contributed by atoms with Crippen LogP contribution in [-0.2, 0) is 9.84 Å². The molecule has 0 aliphatic carbocycles. The first-order valence-electron chi connectivity index (χ1n) is 3.50. The molecule has 2 N–H and O–H groups in total. The molecule has 0 aromatic heterocycles. The molecular weight excluding hydrogens is 190 g/mol. The summed E-state index contributed by atoms with van der Waals surface area (Å²) in [5.41, 5.74) is 5.89. The van der Waals surface area contributed by atoms with Crippen molar-refractivity contribution in [1.29, 1.82) is 0 Å². The predicted molar refractivity (Wildman–Crippen MR) is 49.4 cm³/mol. The highest BCUT2D eigenvalue weighted by Crippen LogP contribution is 2.15. The highest BCUT2D eigenvalue weighted by atomic mass is 32.2. The van der Waals surface area contributed by atoms with Crippen molar-refractivity contribution < 1.29 is 13.2 Å². The average molecular weight is 199 g/mol. The lowest BCUT2D eigenvalue weighted by Crippen LogP contribution is -2.00. The molecule has 0 saturated carbocycles. The monoisotopic (exact) mass is 199 g/mol. The van der Waals surface area contributed by atoms with Gasteiger partial charge in [-0.1, -0.05) is 0 Å². The molecule has 4 nitrogen and oxygen atoms in total. The van der Waals surface area contributed by atoms with Gasteiger partial charge in [0.25, 0.3) is 0 Å². The van der Waals surface area contributed by atoms with Gasteiger partial charge in [0.05, 0.1) is 4.90 Å². The summed E-state index contributed by atoms with van der Waals surface area (Å²) in [6.07, 6.45) is 1.61. The minimum absolute atomic E-state index is 0.101. The molecule has 0 aliphatic rings. The van der Waals surface area contributed by atoms with Crippen LogP contribution in [0.2, 0.25) is 0 Å². The summed E-state index contributed by atoms with van der Waals surface area (Å²) in [6.45, 7) is 0. The van der Waals surface area contributed by atoms with Crippen molar-refractivity contribution in [3.63, 3.8) is 0 Å². The summed E-state index contributed by atoms with van der Waals surface area (Å²) in [7, 11) is -3.27. The van der Waals surface area contributed by atoms with Gasteiger partial charge >= 0.3 is 0 Å². The third-order valence-corrected chi connectivity index (χ3v) is 2.72. The minimum atomic E-state index is -3.27. The zero-order chi connectivity index (χ0) is 10.1. The van der Waals surface area contributed by atoms with Crippen molar-refractivity contribution in [3.05, 3.63) is 23.8 Å². The lowest BCUT2D eigenvalue weighted by atomic mass is 10.2. The first-order valence-corrected chi connectivity index (χ1v) is 5.39. The summed E-state index contributed by atoms with van der Waals surface area (Å²) in [4.78, 5) is 10.5. The maximum Gasteiger partial charge on any atom is 0.175 e. The van der Waals surface area contributed by atoms with E-state index in [1.165, 1.54) is 18.2 Å². The first kappa shape index (κ1) is 9.73. The predicted octanol–water partition coefficient (Wildman–Crippen LogP) is 0.485. The Balaban J connectivity index is 3.38. The Bertz CT molecular complexity index is 437. The van der Waals surface area contributed by atoms with Crippen LogP contribution in [0.25, 0.3) is 0 Å². The number of aldehydes is 1. The van der Waals surface area contributed by atoms with Gasteiger partial charge < -0.3 is 5.73 Å². The number of sulfone groups is 1. The van der Waals surface area contributed by atoms with Gasteiger partial charge in [0, 0.05) is 17.5 Å². The van der Waals surface area contributed by atoms with Crippen molar-refractivity contribution in [3.8, 4) is 0 Å². The number of nitrogens with two attached hydrogens (primary N) is 1. The zero-order valence-corrected chi connectivity index (χ0v) is 7.84. The van der Waals surface area contributed by atoms with Crippen molar-refractivity contribution in [1.82, 2.24) is 0 Å². The number of rotatable bonds is 2. The van der Waals surface area contributed by atoms with Crippen molar-refractivity contribution in [2.24, 2.45) is 0 Å². The third kappa shape index (κ3) is 2.06. The molecule has 1 rings (SSSR count). The second-order valence-corrected chi connectivity index (χ2v) is 4.70. The molecule has 1 aromatic carbocycles. The average Bonchev–Trinajstić information content (AvgIpc) is 2.03. The van der Waals surface area contributed by atoms with E-state index in [-0.39, 0.29) is 16.1 Å². The van der Waals surface area contributed by atoms with E-state index < -0.39 is 9.84 Å². The van der Waals surface area contributed by atoms with Crippen LogP contribution in [0, 0.1) is 0 Å². The van der Waals surface area contributed by atoms with E-state index >= 15 is 0 Å². The summed E-state index contributed by atoms with van der Waals surface area (Å²) < 4.78 is 22.1. The van der Waals surface area contributed by atoms with Crippen LogP contribution in [0.5, 0.6) is 0 Å². The number of anilines is 1. The highest BCUT2D eigenvalue weighted by molar-refractivity contribution is 7.90. The summed E-state index contributed by atoms with van der Waals surface area (Å²) in [5.74, 6) is 0. The Labute approximate surface area is 76.3 Å². The second-order valence-electron chi connectivity index (χ2n) is 2.68. The minimum Gasteiger partial charge on any atom is -0.398 e. The Hall–Kier alpha value is -1.36. The Morgan fingerprint density at radius 3 is 2.46 bits per heavy atom. The second kappa shape index (κ2) is 3.18. The van der Waals surface area contributed by atoms with Crippen LogP contribution in [0.15, 0.2) is 23.1 Å². The largest absolute Gasteiger partial charge is 0.398 e.